The predicted molar refractivity (Wildman–Crippen MR) is 91.7 cm³/mol. The summed E-state index contributed by atoms with van der Waals surface area (Å²) in [7, 11) is 1.71. The SMILES string of the molecule is CC(=O)N(C)Cc1cccc(NC(=O)C2Cc3cccc(F)c3O2)c1. The summed E-state index contributed by atoms with van der Waals surface area (Å²) in [5.74, 6) is -0.664. The van der Waals surface area contributed by atoms with Gasteiger partial charge in [0.05, 0.1) is 0 Å². The minimum atomic E-state index is -0.754. The lowest BCUT2D eigenvalue weighted by Gasteiger charge is -2.16. The summed E-state index contributed by atoms with van der Waals surface area (Å²) >= 11 is 0. The normalized spacial score (nSPS) is 15.2. The first-order valence-electron chi connectivity index (χ1n) is 7.99. The van der Waals surface area contributed by atoms with Crippen LogP contribution in [-0.2, 0) is 22.6 Å². The van der Waals surface area contributed by atoms with E-state index in [0.717, 1.165) is 5.56 Å². The van der Waals surface area contributed by atoms with Crippen molar-refractivity contribution in [3.8, 4) is 5.75 Å². The van der Waals surface area contributed by atoms with E-state index < -0.39 is 11.9 Å². The second-order valence-electron chi connectivity index (χ2n) is 6.10. The van der Waals surface area contributed by atoms with Crippen LogP contribution in [0.3, 0.4) is 0 Å². The molecular weight excluding hydrogens is 323 g/mol. The lowest BCUT2D eigenvalue weighted by Crippen LogP contribution is -2.31. The van der Waals surface area contributed by atoms with Crippen molar-refractivity contribution in [2.24, 2.45) is 0 Å². The van der Waals surface area contributed by atoms with Crippen molar-refractivity contribution in [1.82, 2.24) is 4.90 Å². The predicted octanol–water partition coefficient (Wildman–Crippen LogP) is 2.75. The molecule has 1 aliphatic heterocycles. The summed E-state index contributed by atoms with van der Waals surface area (Å²) in [6, 6.07) is 11.9. The average Bonchev–Trinajstić information content (AvgIpc) is 3.01. The molecule has 0 aliphatic carbocycles. The molecule has 25 heavy (non-hydrogen) atoms. The number of ether oxygens (including phenoxy) is 1. The zero-order valence-corrected chi connectivity index (χ0v) is 14.1. The quantitative estimate of drug-likeness (QED) is 0.929. The fourth-order valence-corrected chi connectivity index (χ4v) is 2.73. The van der Waals surface area contributed by atoms with Crippen molar-refractivity contribution in [3.63, 3.8) is 0 Å². The number of nitrogens with one attached hydrogen (secondary N) is 1. The van der Waals surface area contributed by atoms with Crippen LogP contribution in [0.25, 0.3) is 0 Å². The molecule has 2 amide bonds. The third kappa shape index (κ3) is 3.79. The second-order valence-corrected chi connectivity index (χ2v) is 6.10. The Hall–Kier alpha value is -2.89. The van der Waals surface area contributed by atoms with Crippen molar-refractivity contribution in [1.29, 1.82) is 0 Å². The van der Waals surface area contributed by atoms with Gasteiger partial charge in [-0.1, -0.05) is 24.3 Å². The monoisotopic (exact) mass is 342 g/mol. The highest BCUT2D eigenvalue weighted by Gasteiger charge is 2.31. The van der Waals surface area contributed by atoms with E-state index in [4.69, 9.17) is 4.74 Å². The van der Waals surface area contributed by atoms with Crippen LogP contribution in [0.5, 0.6) is 5.75 Å². The third-order valence-corrected chi connectivity index (χ3v) is 4.16. The first-order valence-corrected chi connectivity index (χ1v) is 7.99. The zero-order chi connectivity index (χ0) is 18.0. The molecule has 0 radical (unpaired) electrons. The van der Waals surface area contributed by atoms with E-state index in [9.17, 15) is 14.0 Å². The van der Waals surface area contributed by atoms with Crippen LogP contribution in [0.2, 0.25) is 0 Å². The molecule has 2 aromatic rings. The smallest absolute Gasteiger partial charge is 0.265 e. The summed E-state index contributed by atoms with van der Waals surface area (Å²) < 4.78 is 19.2. The molecule has 0 spiro atoms. The standard InChI is InChI=1S/C19H19FN2O3/c1-12(23)22(2)11-13-5-3-7-15(9-13)21-19(24)17-10-14-6-4-8-16(20)18(14)25-17/h3-9,17H,10-11H2,1-2H3,(H,21,24). The topological polar surface area (TPSA) is 58.6 Å². The first-order chi connectivity index (χ1) is 11.9. The van der Waals surface area contributed by atoms with Crippen molar-refractivity contribution >= 4 is 17.5 Å². The molecule has 3 rings (SSSR count). The van der Waals surface area contributed by atoms with Gasteiger partial charge in [-0.05, 0) is 23.8 Å². The number of para-hydroxylation sites is 1. The average molecular weight is 342 g/mol. The summed E-state index contributed by atoms with van der Waals surface area (Å²) in [6.45, 7) is 1.95. The van der Waals surface area contributed by atoms with E-state index in [0.29, 0.717) is 24.2 Å². The van der Waals surface area contributed by atoms with Crippen LogP contribution < -0.4 is 10.1 Å². The zero-order valence-electron chi connectivity index (χ0n) is 14.1. The van der Waals surface area contributed by atoms with E-state index in [1.54, 1.807) is 36.2 Å². The number of anilines is 1. The highest BCUT2D eigenvalue weighted by molar-refractivity contribution is 5.95. The summed E-state index contributed by atoms with van der Waals surface area (Å²) in [5, 5.41) is 2.79. The highest BCUT2D eigenvalue weighted by Crippen LogP contribution is 2.31. The molecule has 1 heterocycles. The number of carbonyl (C=O) groups excluding carboxylic acids is 2. The minimum Gasteiger partial charge on any atom is -0.477 e. The van der Waals surface area contributed by atoms with Crippen LogP contribution in [0.15, 0.2) is 42.5 Å². The largest absolute Gasteiger partial charge is 0.477 e. The Morgan fingerprint density at radius 2 is 2.04 bits per heavy atom. The van der Waals surface area contributed by atoms with E-state index in [1.165, 1.54) is 13.0 Å². The summed E-state index contributed by atoms with van der Waals surface area (Å²) in [5.41, 5.74) is 2.20. The number of amides is 2. The summed E-state index contributed by atoms with van der Waals surface area (Å²) in [4.78, 5) is 25.3. The molecule has 1 aliphatic rings. The lowest BCUT2D eigenvalue weighted by molar-refractivity contribution is -0.128. The fraction of sp³-hybridized carbons (Fsp3) is 0.263. The molecular formula is C19H19FN2O3. The van der Waals surface area contributed by atoms with Crippen LogP contribution in [0.4, 0.5) is 10.1 Å². The molecule has 0 saturated heterocycles. The van der Waals surface area contributed by atoms with E-state index >= 15 is 0 Å². The van der Waals surface area contributed by atoms with E-state index in [1.807, 2.05) is 12.1 Å². The molecule has 0 saturated carbocycles. The molecule has 0 fully saturated rings. The Kier molecular flexibility index (Phi) is 4.70. The number of benzene rings is 2. The van der Waals surface area contributed by atoms with Gasteiger partial charge >= 0.3 is 0 Å². The number of halogens is 1. The van der Waals surface area contributed by atoms with Gasteiger partial charge in [0, 0.05) is 38.2 Å². The van der Waals surface area contributed by atoms with Gasteiger partial charge in [-0.25, -0.2) is 4.39 Å². The van der Waals surface area contributed by atoms with Crippen LogP contribution in [0, 0.1) is 5.82 Å². The van der Waals surface area contributed by atoms with Gasteiger partial charge in [-0.3, -0.25) is 9.59 Å². The van der Waals surface area contributed by atoms with Crippen LogP contribution >= 0.6 is 0 Å². The second kappa shape index (κ2) is 6.93. The molecule has 5 nitrogen and oxygen atoms in total. The molecule has 0 aromatic heterocycles. The van der Waals surface area contributed by atoms with Crippen LogP contribution in [-0.4, -0.2) is 29.9 Å². The summed E-state index contributed by atoms with van der Waals surface area (Å²) in [6.07, 6.45) is -0.415. The molecule has 1 unspecified atom stereocenters. The van der Waals surface area contributed by atoms with Gasteiger partial charge < -0.3 is 15.0 Å². The molecule has 6 heteroatoms. The lowest BCUT2D eigenvalue weighted by atomic mass is 10.1. The highest BCUT2D eigenvalue weighted by atomic mass is 19.1. The Morgan fingerprint density at radius 3 is 2.76 bits per heavy atom. The fourth-order valence-electron chi connectivity index (χ4n) is 2.73. The van der Waals surface area contributed by atoms with Crippen molar-refractivity contribution in [2.75, 3.05) is 12.4 Å². The third-order valence-electron chi connectivity index (χ3n) is 4.16. The Bertz CT molecular complexity index is 822. The van der Waals surface area contributed by atoms with Gasteiger partial charge in [0.15, 0.2) is 17.7 Å². The van der Waals surface area contributed by atoms with E-state index in [-0.39, 0.29) is 17.6 Å². The maximum absolute atomic E-state index is 13.7. The molecule has 1 N–H and O–H groups in total. The van der Waals surface area contributed by atoms with Gasteiger partial charge in [0.1, 0.15) is 0 Å². The number of hydrogen-bond acceptors (Lipinski definition) is 3. The number of carbonyl (C=O) groups is 2. The molecule has 0 bridgehead atoms. The Labute approximate surface area is 145 Å². The Morgan fingerprint density at radius 1 is 1.28 bits per heavy atom. The Balaban J connectivity index is 1.66. The van der Waals surface area contributed by atoms with Crippen molar-refractivity contribution < 1.29 is 18.7 Å². The van der Waals surface area contributed by atoms with E-state index in [2.05, 4.69) is 5.32 Å². The van der Waals surface area contributed by atoms with Gasteiger partial charge in [0.2, 0.25) is 5.91 Å². The van der Waals surface area contributed by atoms with Crippen molar-refractivity contribution in [2.45, 2.75) is 26.0 Å². The molecule has 1 atom stereocenters. The number of hydrogen-bond donors (Lipinski definition) is 1. The number of rotatable bonds is 4. The maximum Gasteiger partial charge on any atom is 0.265 e. The number of fused-ring (bicyclic) bond motifs is 1. The molecule has 130 valence electrons. The number of nitrogens with zero attached hydrogens (tertiary/aromatic N) is 1. The first kappa shape index (κ1) is 17.0. The van der Waals surface area contributed by atoms with Crippen LogP contribution in [0.1, 0.15) is 18.1 Å². The maximum atomic E-state index is 13.7. The van der Waals surface area contributed by atoms with Crippen molar-refractivity contribution in [3.05, 3.63) is 59.4 Å². The van der Waals surface area contributed by atoms with Gasteiger partial charge in [-0.15, -0.1) is 0 Å². The molecule has 2 aromatic carbocycles. The van der Waals surface area contributed by atoms with Gasteiger partial charge in [0.25, 0.3) is 5.91 Å². The minimum absolute atomic E-state index is 0.0337. The van der Waals surface area contributed by atoms with Gasteiger partial charge in [-0.2, -0.15) is 0 Å².